The maximum absolute atomic E-state index is 13.1. The first-order valence-corrected chi connectivity index (χ1v) is 9.42. The summed E-state index contributed by atoms with van der Waals surface area (Å²) in [5.74, 6) is -0.582. The van der Waals surface area contributed by atoms with Gasteiger partial charge in [-0.15, -0.1) is 0 Å². The summed E-state index contributed by atoms with van der Waals surface area (Å²) >= 11 is 0. The Kier molecular flexibility index (Phi) is 5.79. The molecule has 2 aromatic carbocycles. The average molecular weight is 376 g/mol. The van der Waals surface area contributed by atoms with E-state index < -0.39 is 27.9 Å². The number of benzene rings is 2. The van der Waals surface area contributed by atoms with Crippen LogP contribution in [0.1, 0.15) is 24.1 Å². The van der Waals surface area contributed by atoms with Gasteiger partial charge >= 0.3 is 6.03 Å². The van der Waals surface area contributed by atoms with Gasteiger partial charge in [-0.2, -0.15) is 5.26 Å². The van der Waals surface area contributed by atoms with E-state index in [1.807, 2.05) is 0 Å². The molecule has 0 radical (unpaired) electrons. The first-order chi connectivity index (χ1) is 12.2. The summed E-state index contributed by atoms with van der Waals surface area (Å²) in [7, 11) is -3.47. The first-order valence-electron chi connectivity index (χ1n) is 7.53. The van der Waals surface area contributed by atoms with E-state index >= 15 is 0 Å². The van der Waals surface area contributed by atoms with Gasteiger partial charge in [0.05, 0.1) is 29.2 Å². The third-order valence-electron chi connectivity index (χ3n) is 3.42. The second kappa shape index (κ2) is 7.84. The first kappa shape index (κ1) is 19.2. The molecule has 0 saturated carbocycles. The minimum Gasteiger partial charge on any atom is -0.331 e. The van der Waals surface area contributed by atoms with Gasteiger partial charge in [-0.05, 0) is 36.8 Å². The predicted molar refractivity (Wildman–Crippen MR) is 96.6 cm³/mol. The predicted octanol–water partition coefficient (Wildman–Crippen LogP) is 2.95. The number of rotatable bonds is 5. The standard InChI is InChI=1S/C17H17FN4O3S/c1-11(14-5-3-4-6-16(14)22-26(2,24)25)20-17(23)21-15-8-7-13(18)9-12(15)10-19/h3-9,11,22H,1-2H3,(H2,20,21,23). The lowest BCUT2D eigenvalue weighted by molar-refractivity contribution is 0.249. The Morgan fingerprint density at radius 1 is 1.19 bits per heavy atom. The van der Waals surface area contributed by atoms with Crippen LogP contribution in [0.4, 0.5) is 20.6 Å². The molecule has 7 nitrogen and oxygen atoms in total. The molecular formula is C17H17FN4O3S. The highest BCUT2D eigenvalue weighted by molar-refractivity contribution is 7.92. The lowest BCUT2D eigenvalue weighted by Gasteiger charge is -2.19. The lowest BCUT2D eigenvalue weighted by Crippen LogP contribution is -2.32. The minimum atomic E-state index is -3.47. The van der Waals surface area contributed by atoms with Crippen molar-refractivity contribution in [1.82, 2.24) is 5.32 Å². The summed E-state index contributed by atoms with van der Waals surface area (Å²) in [6.07, 6.45) is 1.03. The van der Waals surface area contributed by atoms with Crippen LogP contribution < -0.4 is 15.4 Å². The molecule has 0 fully saturated rings. The maximum Gasteiger partial charge on any atom is 0.319 e. The van der Waals surface area contributed by atoms with Gasteiger partial charge in [-0.3, -0.25) is 4.72 Å². The van der Waals surface area contributed by atoms with E-state index in [-0.39, 0.29) is 11.3 Å². The molecular weight excluding hydrogens is 359 g/mol. The zero-order valence-corrected chi connectivity index (χ0v) is 14.9. The molecule has 1 unspecified atom stereocenters. The number of amides is 2. The van der Waals surface area contributed by atoms with E-state index in [9.17, 15) is 17.6 Å². The second-order valence-electron chi connectivity index (χ2n) is 5.58. The Labute approximate surface area is 150 Å². The highest BCUT2D eigenvalue weighted by atomic mass is 32.2. The molecule has 0 saturated heterocycles. The van der Waals surface area contributed by atoms with Gasteiger partial charge in [0.25, 0.3) is 0 Å². The van der Waals surface area contributed by atoms with Crippen molar-refractivity contribution in [2.24, 2.45) is 0 Å². The molecule has 1 atom stereocenters. The van der Waals surface area contributed by atoms with Crippen LogP contribution in [0, 0.1) is 17.1 Å². The number of sulfonamides is 1. The molecule has 0 aromatic heterocycles. The van der Waals surface area contributed by atoms with Crippen LogP contribution in [0.2, 0.25) is 0 Å². The Bertz CT molecular complexity index is 970. The van der Waals surface area contributed by atoms with Crippen LogP contribution in [0.25, 0.3) is 0 Å². The SMILES string of the molecule is CC(NC(=O)Nc1ccc(F)cc1C#N)c1ccccc1NS(C)(=O)=O. The molecule has 0 aliphatic carbocycles. The van der Waals surface area contributed by atoms with Crippen molar-refractivity contribution in [3.8, 4) is 6.07 Å². The number of nitrogens with zero attached hydrogens (tertiary/aromatic N) is 1. The summed E-state index contributed by atoms with van der Waals surface area (Å²) in [6.45, 7) is 1.68. The normalized spacial score (nSPS) is 11.9. The van der Waals surface area contributed by atoms with Crippen LogP contribution in [-0.4, -0.2) is 20.7 Å². The zero-order chi connectivity index (χ0) is 19.3. The number of urea groups is 1. The molecule has 0 bridgehead atoms. The number of halogens is 1. The Morgan fingerprint density at radius 2 is 1.88 bits per heavy atom. The van der Waals surface area contributed by atoms with Gasteiger partial charge in [-0.25, -0.2) is 17.6 Å². The van der Waals surface area contributed by atoms with E-state index in [1.54, 1.807) is 37.3 Å². The van der Waals surface area contributed by atoms with Gasteiger partial charge in [0.15, 0.2) is 0 Å². The van der Waals surface area contributed by atoms with E-state index in [2.05, 4.69) is 15.4 Å². The van der Waals surface area contributed by atoms with Gasteiger partial charge in [0.2, 0.25) is 10.0 Å². The summed E-state index contributed by atoms with van der Waals surface area (Å²) in [4.78, 5) is 12.2. The molecule has 2 amide bonds. The fourth-order valence-corrected chi connectivity index (χ4v) is 2.90. The molecule has 2 rings (SSSR count). The number of hydrogen-bond acceptors (Lipinski definition) is 4. The van der Waals surface area contributed by atoms with Crippen molar-refractivity contribution in [2.75, 3.05) is 16.3 Å². The third-order valence-corrected chi connectivity index (χ3v) is 4.01. The number of hydrogen-bond donors (Lipinski definition) is 3. The van der Waals surface area contributed by atoms with E-state index in [0.717, 1.165) is 18.4 Å². The smallest absolute Gasteiger partial charge is 0.319 e. The zero-order valence-electron chi connectivity index (χ0n) is 14.1. The molecule has 136 valence electrons. The van der Waals surface area contributed by atoms with Crippen molar-refractivity contribution in [3.63, 3.8) is 0 Å². The maximum atomic E-state index is 13.1. The van der Waals surface area contributed by atoms with Crippen LogP contribution in [0.5, 0.6) is 0 Å². The van der Waals surface area contributed by atoms with E-state index in [1.165, 1.54) is 6.07 Å². The monoisotopic (exact) mass is 376 g/mol. The van der Waals surface area contributed by atoms with Crippen molar-refractivity contribution in [1.29, 1.82) is 5.26 Å². The van der Waals surface area contributed by atoms with Crippen molar-refractivity contribution in [2.45, 2.75) is 13.0 Å². The number of anilines is 2. The van der Waals surface area contributed by atoms with Gasteiger partial charge in [0, 0.05) is 0 Å². The van der Waals surface area contributed by atoms with Gasteiger partial charge < -0.3 is 10.6 Å². The lowest BCUT2D eigenvalue weighted by atomic mass is 10.1. The Morgan fingerprint density at radius 3 is 2.54 bits per heavy atom. The number of nitriles is 1. The molecule has 0 aliphatic rings. The van der Waals surface area contributed by atoms with E-state index in [0.29, 0.717) is 11.3 Å². The molecule has 9 heteroatoms. The van der Waals surface area contributed by atoms with E-state index in [4.69, 9.17) is 5.26 Å². The fraction of sp³-hybridized carbons (Fsp3) is 0.176. The van der Waals surface area contributed by atoms with Crippen LogP contribution in [-0.2, 0) is 10.0 Å². The molecule has 0 aliphatic heterocycles. The summed E-state index contributed by atoms with van der Waals surface area (Å²) in [5, 5.41) is 14.1. The second-order valence-corrected chi connectivity index (χ2v) is 7.33. The number of carbonyl (C=O) groups is 1. The largest absolute Gasteiger partial charge is 0.331 e. The average Bonchev–Trinajstić information content (AvgIpc) is 2.55. The summed E-state index contributed by atoms with van der Waals surface area (Å²) < 4.78 is 38.5. The Hall–Kier alpha value is -3.12. The fourth-order valence-electron chi connectivity index (χ4n) is 2.32. The molecule has 2 aromatic rings. The highest BCUT2D eigenvalue weighted by Gasteiger charge is 2.16. The summed E-state index contributed by atoms with van der Waals surface area (Å²) in [6, 6.07) is 10.7. The molecule has 3 N–H and O–H groups in total. The molecule has 0 heterocycles. The van der Waals surface area contributed by atoms with Crippen LogP contribution >= 0.6 is 0 Å². The topological polar surface area (TPSA) is 111 Å². The van der Waals surface area contributed by atoms with Gasteiger partial charge in [0.1, 0.15) is 11.9 Å². The van der Waals surface area contributed by atoms with Crippen molar-refractivity contribution < 1.29 is 17.6 Å². The summed E-state index contributed by atoms with van der Waals surface area (Å²) in [5.41, 5.74) is 1.07. The number of carbonyl (C=O) groups excluding carboxylic acids is 1. The van der Waals surface area contributed by atoms with Crippen molar-refractivity contribution in [3.05, 3.63) is 59.4 Å². The van der Waals surface area contributed by atoms with Crippen LogP contribution in [0.3, 0.4) is 0 Å². The third kappa shape index (κ3) is 5.19. The number of para-hydroxylation sites is 1. The molecule has 26 heavy (non-hydrogen) atoms. The highest BCUT2D eigenvalue weighted by Crippen LogP contribution is 2.23. The molecule has 0 spiro atoms. The minimum absolute atomic E-state index is 0.00746. The van der Waals surface area contributed by atoms with Gasteiger partial charge in [-0.1, -0.05) is 18.2 Å². The quantitative estimate of drug-likeness (QED) is 0.745. The van der Waals surface area contributed by atoms with Crippen molar-refractivity contribution >= 4 is 27.4 Å². The van der Waals surface area contributed by atoms with Crippen LogP contribution in [0.15, 0.2) is 42.5 Å². The Balaban J connectivity index is 2.15. The number of nitrogens with one attached hydrogen (secondary N) is 3.